The maximum atomic E-state index is 11.4. The summed E-state index contributed by atoms with van der Waals surface area (Å²) in [6.07, 6.45) is 0. The van der Waals surface area contributed by atoms with E-state index in [0.29, 0.717) is 5.03 Å². The Morgan fingerprint density at radius 3 is 2.32 bits per heavy atom. The third-order valence-corrected chi connectivity index (χ3v) is 4.05. The van der Waals surface area contributed by atoms with Gasteiger partial charge in [0.2, 0.25) is 5.91 Å². The first-order chi connectivity index (χ1) is 10.8. The smallest absolute Gasteiger partial charge is 0.244 e. The molecule has 0 saturated carbocycles. The number of nitrogens with two attached hydrogens (primary N) is 1. The average Bonchev–Trinajstić information content (AvgIpc) is 2.59. The molecule has 5 nitrogen and oxygen atoms in total. The monoisotopic (exact) mass is 310 g/mol. The van der Waals surface area contributed by atoms with Crippen LogP contribution in [0.25, 0.3) is 22.3 Å². The molecule has 22 heavy (non-hydrogen) atoms. The minimum Gasteiger partial charge on any atom is -0.294 e. The number of thioether (sulfide) groups is 1. The number of aromatic nitrogens is 2. The van der Waals surface area contributed by atoms with Crippen molar-refractivity contribution in [3.05, 3.63) is 54.6 Å². The third kappa shape index (κ3) is 3.08. The van der Waals surface area contributed by atoms with Crippen molar-refractivity contribution in [2.45, 2.75) is 5.03 Å². The molecule has 0 fully saturated rings. The summed E-state index contributed by atoms with van der Waals surface area (Å²) in [6.45, 7) is 0. The maximum Gasteiger partial charge on any atom is 0.244 e. The fraction of sp³-hybridized carbons (Fsp3) is 0.0625. The van der Waals surface area contributed by atoms with Crippen LogP contribution in [0.1, 0.15) is 0 Å². The Balaban J connectivity index is 2.08. The molecule has 3 aromatic rings. The first-order valence-corrected chi connectivity index (χ1v) is 7.71. The molecule has 0 unspecified atom stereocenters. The summed E-state index contributed by atoms with van der Waals surface area (Å²) in [5, 5.41) is 0.716. The first kappa shape index (κ1) is 14.5. The van der Waals surface area contributed by atoms with Gasteiger partial charge in [0.25, 0.3) is 0 Å². The fourth-order valence-electron chi connectivity index (χ4n) is 2.04. The summed E-state index contributed by atoms with van der Waals surface area (Å²) in [4.78, 5) is 20.7. The Hall–Kier alpha value is -2.44. The van der Waals surface area contributed by atoms with Crippen molar-refractivity contribution in [3.63, 3.8) is 0 Å². The van der Waals surface area contributed by atoms with Gasteiger partial charge in [0.05, 0.1) is 16.8 Å². The van der Waals surface area contributed by atoms with Crippen molar-refractivity contribution in [2.24, 2.45) is 5.84 Å². The molecule has 0 aliphatic heterocycles. The van der Waals surface area contributed by atoms with Crippen molar-refractivity contribution in [1.82, 2.24) is 15.4 Å². The van der Waals surface area contributed by atoms with Gasteiger partial charge in [0.15, 0.2) is 0 Å². The SMILES string of the molecule is NNC(=O)CSc1nc2ccccc2nc1-c1ccccc1. The predicted octanol–water partition coefficient (Wildman–Crippen LogP) is 2.38. The normalized spacial score (nSPS) is 10.6. The van der Waals surface area contributed by atoms with Crippen LogP contribution in [0.15, 0.2) is 59.6 Å². The van der Waals surface area contributed by atoms with Crippen LogP contribution in [0.4, 0.5) is 0 Å². The van der Waals surface area contributed by atoms with E-state index >= 15 is 0 Å². The zero-order valence-electron chi connectivity index (χ0n) is 11.7. The van der Waals surface area contributed by atoms with Crippen LogP contribution >= 0.6 is 11.8 Å². The molecule has 0 atom stereocenters. The fourth-order valence-corrected chi connectivity index (χ4v) is 2.86. The van der Waals surface area contributed by atoms with E-state index in [0.717, 1.165) is 22.3 Å². The van der Waals surface area contributed by atoms with E-state index in [9.17, 15) is 4.79 Å². The molecule has 1 amide bonds. The lowest BCUT2D eigenvalue weighted by Crippen LogP contribution is -2.31. The van der Waals surface area contributed by atoms with Crippen LogP contribution in [0, 0.1) is 0 Å². The second-order valence-corrected chi connectivity index (χ2v) is 5.55. The highest BCUT2D eigenvalue weighted by atomic mass is 32.2. The van der Waals surface area contributed by atoms with Crippen LogP contribution in [0.3, 0.4) is 0 Å². The molecule has 1 aromatic heterocycles. The highest BCUT2D eigenvalue weighted by molar-refractivity contribution is 8.00. The van der Waals surface area contributed by atoms with Crippen LogP contribution in [-0.4, -0.2) is 21.6 Å². The molecule has 0 aliphatic carbocycles. The molecule has 0 aliphatic rings. The molecular weight excluding hydrogens is 296 g/mol. The lowest BCUT2D eigenvalue weighted by molar-refractivity contribution is -0.118. The summed E-state index contributed by atoms with van der Waals surface area (Å²) in [5.74, 6) is 5.07. The van der Waals surface area contributed by atoms with E-state index in [1.807, 2.05) is 54.6 Å². The quantitative estimate of drug-likeness (QED) is 0.335. The number of carbonyl (C=O) groups excluding carboxylic acids is 1. The van der Waals surface area contributed by atoms with E-state index in [-0.39, 0.29) is 11.7 Å². The number of hydrazine groups is 1. The highest BCUT2D eigenvalue weighted by Crippen LogP contribution is 2.30. The Labute approximate surface area is 131 Å². The summed E-state index contributed by atoms with van der Waals surface area (Å²) in [7, 11) is 0. The topological polar surface area (TPSA) is 80.9 Å². The second kappa shape index (κ2) is 6.55. The van der Waals surface area contributed by atoms with E-state index < -0.39 is 0 Å². The molecule has 0 spiro atoms. The largest absolute Gasteiger partial charge is 0.294 e. The van der Waals surface area contributed by atoms with Crippen LogP contribution in [0.2, 0.25) is 0 Å². The van der Waals surface area contributed by atoms with E-state index in [2.05, 4.69) is 10.4 Å². The van der Waals surface area contributed by atoms with Gasteiger partial charge in [-0.25, -0.2) is 15.8 Å². The molecule has 110 valence electrons. The number of nitrogens with zero attached hydrogens (tertiary/aromatic N) is 2. The van der Waals surface area contributed by atoms with Gasteiger partial charge in [-0.1, -0.05) is 54.2 Å². The van der Waals surface area contributed by atoms with Gasteiger partial charge in [-0.15, -0.1) is 0 Å². The molecule has 0 saturated heterocycles. The van der Waals surface area contributed by atoms with Gasteiger partial charge in [0, 0.05) is 5.56 Å². The van der Waals surface area contributed by atoms with Crippen LogP contribution in [0.5, 0.6) is 0 Å². The predicted molar refractivity (Wildman–Crippen MR) is 88.0 cm³/mol. The number of hydrogen-bond donors (Lipinski definition) is 2. The number of fused-ring (bicyclic) bond motifs is 1. The zero-order valence-corrected chi connectivity index (χ0v) is 12.5. The second-order valence-electron chi connectivity index (χ2n) is 4.59. The Bertz CT molecular complexity index is 808. The molecule has 0 bridgehead atoms. The van der Waals surface area contributed by atoms with Crippen LogP contribution in [-0.2, 0) is 4.79 Å². The third-order valence-electron chi connectivity index (χ3n) is 3.09. The van der Waals surface area contributed by atoms with Gasteiger partial charge in [-0.3, -0.25) is 10.2 Å². The van der Waals surface area contributed by atoms with Crippen molar-refractivity contribution < 1.29 is 4.79 Å². The Morgan fingerprint density at radius 1 is 1.00 bits per heavy atom. The maximum absolute atomic E-state index is 11.4. The van der Waals surface area contributed by atoms with Crippen LogP contribution < -0.4 is 11.3 Å². The summed E-state index contributed by atoms with van der Waals surface area (Å²) in [6, 6.07) is 17.5. The lowest BCUT2D eigenvalue weighted by atomic mass is 10.1. The molecular formula is C16H14N4OS. The number of nitrogens with one attached hydrogen (secondary N) is 1. The van der Waals surface area contributed by atoms with Gasteiger partial charge < -0.3 is 0 Å². The van der Waals surface area contributed by atoms with E-state index in [1.165, 1.54) is 11.8 Å². The number of amides is 1. The van der Waals surface area contributed by atoms with Crippen molar-refractivity contribution in [1.29, 1.82) is 0 Å². The summed E-state index contributed by atoms with van der Waals surface area (Å²) < 4.78 is 0. The number of benzene rings is 2. The zero-order chi connectivity index (χ0) is 15.4. The van der Waals surface area contributed by atoms with Gasteiger partial charge in [-0.2, -0.15) is 0 Å². The minimum absolute atomic E-state index is 0.198. The standard InChI is InChI=1S/C16H14N4OS/c17-20-14(21)10-22-16-15(11-6-2-1-3-7-11)18-12-8-4-5-9-13(12)19-16/h1-9H,10,17H2,(H,20,21). The summed E-state index contributed by atoms with van der Waals surface area (Å²) in [5.41, 5.74) is 5.50. The van der Waals surface area contributed by atoms with Crippen molar-refractivity contribution in [3.8, 4) is 11.3 Å². The molecule has 3 rings (SSSR count). The van der Waals surface area contributed by atoms with Gasteiger partial charge >= 0.3 is 0 Å². The Kier molecular flexibility index (Phi) is 4.32. The molecule has 2 aromatic carbocycles. The Morgan fingerprint density at radius 2 is 1.64 bits per heavy atom. The van der Waals surface area contributed by atoms with E-state index in [1.54, 1.807) is 0 Å². The summed E-state index contributed by atoms with van der Waals surface area (Å²) >= 11 is 1.32. The minimum atomic E-state index is -0.251. The lowest BCUT2D eigenvalue weighted by Gasteiger charge is -2.09. The van der Waals surface area contributed by atoms with Gasteiger partial charge in [0.1, 0.15) is 10.7 Å². The number of para-hydroxylation sites is 2. The number of rotatable bonds is 4. The highest BCUT2D eigenvalue weighted by Gasteiger charge is 2.12. The molecule has 0 radical (unpaired) electrons. The number of carbonyl (C=O) groups is 1. The van der Waals surface area contributed by atoms with Crippen molar-refractivity contribution >= 4 is 28.7 Å². The molecule has 1 heterocycles. The van der Waals surface area contributed by atoms with Gasteiger partial charge in [-0.05, 0) is 12.1 Å². The molecule has 3 N–H and O–H groups in total. The van der Waals surface area contributed by atoms with Crippen molar-refractivity contribution in [2.75, 3.05) is 5.75 Å². The first-order valence-electron chi connectivity index (χ1n) is 6.72. The number of hydrogen-bond acceptors (Lipinski definition) is 5. The molecule has 6 heteroatoms. The van der Waals surface area contributed by atoms with E-state index in [4.69, 9.17) is 10.8 Å². The average molecular weight is 310 g/mol.